The number of Topliss-reactive ketones (excluding diaryl/α,β-unsaturated/α-hetero) is 2. The van der Waals surface area contributed by atoms with Crippen LogP contribution in [0.4, 0.5) is 11.4 Å². The van der Waals surface area contributed by atoms with Gasteiger partial charge in [0, 0.05) is 124 Å². The van der Waals surface area contributed by atoms with Crippen LogP contribution in [0.2, 0.25) is 0 Å². The number of nitrogens with zero attached hydrogens (tertiary/aromatic N) is 4. The highest BCUT2D eigenvalue weighted by Gasteiger charge is 2.44. The summed E-state index contributed by atoms with van der Waals surface area (Å²) >= 11 is 0. The van der Waals surface area contributed by atoms with Gasteiger partial charge < -0.3 is 58.3 Å². The molecule has 2 aliphatic heterocycles. The minimum Gasteiger partial charge on any atom is -0.507 e. The molecule has 0 unspecified atom stereocenters. The van der Waals surface area contributed by atoms with Crippen LogP contribution in [0.3, 0.4) is 0 Å². The molecule has 0 saturated carbocycles. The highest BCUT2D eigenvalue weighted by atomic mass is 16.5. The van der Waals surface area contributed by atoms with Crippen LogP contribution < -0.4 is 9.80 Å². The van der Waals surface area contributed by atoms with Crippen LogP contribution in [0, 0.1) is 23.7 Å². The first-order chi connectivity index (χ1) is 35.9. The maximum atomic E-state index is 13.8. The lowest BCUT2D eigenvalue weighted by atomic mass is 9.92. The average Bonchev–Trinajstić information content (AvgIpc) is 4.08. The van der Waals surface area contributed by atoms with Gasteiger partial charge in [-0.05, 0) is 51.4 Å². The van der Waals surface area contributed by atoms with E-state index in [1.54, 1.807) is 24.3 Å². The van der Waals surface area contributed by atoms with Crippen molar-refractivity contribution in [3.63, 3.8) is 0 Å². The van der Waals surface area contributed by atoms with Crippen molar-refractivity contribution in [1.82, 2.24) is 9.80 Å². The zero-order valence-electron chi connectivity index (χ0n) is 45.2. The second-order valence-electron chi connectivity index (χ2n) is 20.8. The molecule has 0 saturated heterocycles. The quantitative estimate of drug-likeness (QED) is 0.0366. The molecule has 0 bridgehead atoms. The van der Waals surface area contributed by atoms with E-state index in [0.717, 1.165) is 13.1 Å². The fourth-order valence-corrected chi connectivity index (χ4v) is 10.00. The summed E-state index contributed by atoms with van der Waals surface area (Å²) in [6.45, 7) is 29.9. The Hall–Kier alpha value is -8.02. The van der Waals surface area contributed by atoms with Crippen molar-refractivity contribution in [2.24, 2.45) is 23.7 Å². The van der Waals surface area contributed by atoms with E-state index in [-0.39, 0.29) is 56.1 Å². The Balaban J connectivity index is 0.000000226. The highest BCUT2D eigenvalue weighted by Crippen LogP contribution is 2.45. The van der Waals surface area contributed by atoms with Gasteiger partial charge in [0.1, 0.15) is 56.5 Å². The minimum absolute atomic E-state index is 0.000161. The van der Waals surface area contributed by atoms with E-state index in [1.807, 2.05) is 37.5 Å². The molecule has 2 aromatic heterocycles. The van der Waals surface area contributed by atoms with Gasteiger partial charge in [-0.2, -0.15) is 0 Å². The van der Waals surface area contributed by atoms with Crippen LogP contribution in [0.1, 0.15) is 104 Å². The van der Waals surface area contributed by atoms with Crippen LogP contribution in [0.25, 0.3) is 21.9 Å². The van der Waals surface area contributed by atoms with Crippen LogP contribution >= 0.6 is 0 Å². The summed E-state index contributed by atoms with van der Waals surface area (Å²) in [6.07, 6.45) is 5.91. The first-order valence-electron chi connectivity index (χ1n) is 25.9. The number of ketones is 4. The minimum atomic E-state index is -0.998. The van der Waals surface area contributed by atoms with Crippen LogP contribution in [0.5, 0.6) is 23.4 Å². The molecule has 4 heterocycles. The summed E-state index contributed by atoms with van der Waals surface area (Å²) in [5.74, 6) is -5.74. The predicted molar refractivity (Wildman–Crippen MR) is 286 cm³/mol. The van der Waals surface area contributed by atoms with Gasteiger partial charge in [-0.3, -0.25) is 19.2 Å². The first-order valence-corrected chi connectivity index (χ1v) is 25.9. The monoisotopic (exact) mass is 1040 g/mol. The van der Waals surface area contributed by atoms with E-state index in [1.165, 1.54) is 24.3 Å². The molecule has 4 aliphatic rings. The fraction of sp³-hybridized carbons (Fsp3) is 0.414. The average molecular weight is 1050 g/mol. The number of phenols is 2. The number of anilines is 2. The second kappa shape index (κ2) is 22.4. The highest BCUT2D eigenvalue weighted by molar-refractivity contribution is 6.36. The first kappa shape index (κ1) is 55.7. The molecule has 2 aliphatic carbocycles. The Labute approximate surface area is 441 Å². The summed E-state index contributed by atoms with van der Waals surface area (Å²) in [6, 6.07) is 6.24. The van der Waals surface area contributed by atoms with Crippen molar-refractivity contribution in [3.05, 3.63) is 105 Å². The number of phenolic OH excluding ortho intramolecular Hbond substituents is 2. The molecule has 0 amide bonds. The third-order valence-corrected chi connectivity index (χ3v) is 13.1. The third kappa shape index (κ3) is 10.9. The Morgan fingerprint density at radius 3 is 1.17 bits per heavy atom. The molecule has 4 aromatic rings. The Kier molecular flexibility index (Phi) is 16.5. The van der Waals surface area contributed by atoms with E-state index in [0.29, 0.717) is 85.7 Å². The summed E-state index contributed by atoms with van der Waals surface area (Å²) in [7, 11) is 0. The van der Waals surface area contributed by atoms with Gasteiger partial charge >= 0.3 is 11.9 Å². The standard InChI is InChI=1S/C33H42N2O7.C25H26N2O7/c1-17(2)13-34(14-18(3)4)21-9-23(36)27-25(11-21)41-32(39)29(27)31(38)30-28-24(37)10-22(12-26(28)42-33(30)40)35(15-19(5)6)16-20(7)8;1-5-26(6-2)13-9-15(28)19-17(11-13)33-24(31)21(19)23(30)22-20-16(29)10-14(27(7-3)8-4)12-18(20)34-25(22)32/h9-12,17-20,36,39H,13-16H2,1-8H3;9-12,28,31H,5-8H2,1-4H3. The fourth-order valence-electron chi connectivity index (χ4n) is 10.00. The van der Waals surface area contributed by atoms with Gasteiger partial charge in [-0.25, -0.2) is 9.59 Å². The number of allylic oxidation sites excluding steroid dienone is 6. The maximum Gasteiger partial charge on any atom is 0.348 e. The molecule has 4 N–H and O–H groups in total. The topological polar surface area (TPSA) is 241 Å². The number of fused-ring (bicyclic) bond motifs is 4. The SMILES string of the molecule is CC(C)CN(CC(C)C)C1=CC(=O)C2=C(C(=O)c3c(O)oc4cc(N(CC(C)C)CC(C)C)cc(O)c34)C(=O)OC2=C1.CCN(CC)C1=CC(=O)C2=C(C(=O)c3c(O)oc4cc(N(CC)CC)cc(O)c34)C(=O)OC2=C1. The molecule has 404 valence electrons. The van der Waals surface area contributed by atoms with E-state index < -0.39 is 69.2 Å². The zero-order valence-corrected chi connectivity index (χ0v) is 45.2. The van der Waals surface area contributed by atoms with Crippen molar-refractivity contribution in [3.8, 4) is 23.4 Å². The molecule has 76 heavy (non-hydrogen) atoms. The van der Waals surface area contributed by atoms with Gasteiger partial charge in [-0.1, -0.05) is 55.4 Å². The Morgan fingerprint density at radius 2 is 0.816 bits per heavy atom. The van der Waals surface area contributed by atoms with Gasteiger partial charge in [0.25, 0.3) is 11.9 Å². The lowest BCUT2D eigenvalue weighted by Crippen LogP contribution is -2.32. The summed E-state index contributed by atoms with van der Waals surface area (Å²) < 4.78 is 21.6. The van der Waals surface area contributed by atoms with E-state index >= 15 is 0 Å². The second-order valence-corrected chi connectivity index (χ2v) is 20.8. The molecule has 2 aromatic carbocycles. The molecule has 0 fully saturated rings. The lowest BCUT2D eigenvalue weighted by molar-refractivity contribution is -0.133. The van der Waals surface area contributed by atoms with Gasteiger partial charge in [0.15, 0.2) is 11.6 Å². The van der Waals surface area contributed by atoms with E-state index in [4.69, 9.17) is 18.3 Å². The molecule has 0 atom stereocenters. The number of hydrogen-bond acceptors (Lipinski definition) is 18. The summed E-state index contributed by atoms with van der Waals surface area (Å²) in [4.78, 5) is 87.3. The number of carbonyl (C=O) groups is 6. The number of rotatable bonds is 20. The normalized spacial score (nSPS) is 15.3. The van der Waals surface area contributed by atoms with Crippen LogP contribution in [0.15, 0.2) is 103 Å². The number of carbonyl (C=O) groups excluding carboxylic acids is 6. The molecular weight excluding hydrogens is 977 g/mol. The molecular formula is C58H68N4O14. The van der Waals surface area contributed by atoms with E-state index in [2.05, 4.69) is 65.2 Å². The number of hydrogen-bond donors (Lipinski definition) is 4. The number of furan rings is 2. The van der Waals surface area contributed by atoms with Crippen LogP contribution in [-0.4, -0.2) is 118 Å². The zero-order chi connectivity index (χ0) is 55.8. The molecule has 0 radical (unpaired) electrons. The third-order valence-electron chi connectivity index (χ3n) is 13.1. The molecule has 8 rings (SSSR count). The van der Waals surface area contributed by atoms with Crippen molar-refractivity contribution in [1.29, 1.82) is 0 Å². The van der Waals surface area contributed by atoms with Crippen molar-refractivity contribution < 1.29 is 67.5 Å². The summed E-state index contributed by atoms with van der Waals surface area (Å²) in [5.41, 5.74) is 0.558. The predicted octanol–water partition coefficient (Wildman–Crippen LogP) is 9.38. The molecule has 0 spiro atoms. The van der Waals surface area contributed by atoms with Gasteiger partial charge in [-0.15, -0.1) is 0 Å². The maximum absolute atomic E-state index is 13.8. The van der Waals surface area contributed by atoms with Gasteiger partial charge in [0.2, 0.25) is 11.6 Å². The smallest absolute Gasteiger partial charge is 0.348 e. The van der Waals surface area contributed by atoms with E-state index in [9.17, 15) is 49.2 Å². The number of ether oxygens (including phenoxy) is 2. The number of aromatic hydroxyl groups is 4. The van der Waals surface area contributed by atoms with Gasteiger partial charge in [0.05, 0.1) is 21.9 Å². The largest absolute Gasteiger partial charge is 0.507 e. The lowest BCUT2D eigenvalue weighted by Gasteiger charge is -2.30. The molecule has 18 heteroatoms. The Morgan fingerprint density at radius 1 is 0.474 bits per heavy atom. The van der Waals surface area contributed by atoms with Crippen molar-refractivity contribution in [2.45, 2.75) is 83.1 Å². The summed E-state index contributed by atoms with van der Waals surface area (Å²) in [5, 5.41) is 42.9. The molecule has 18 nitrogen and oxygen atoms in total. The number of benzene rings is 2. The van der Waals surface area contributed by atoms with Crippen LogP contribution in [-0.2, 0) is 28.7 Å². The Bertz CT molecular complexity index is 3220. The van der Waals surface area contributed by atoms with Crippen molar-refractivity contribution >= 4 is 68.4 Å². The number of esters is 2. The van der Waals surface area contributed by atoms with Crippen molar-refractivity contribution in [2.75, 3.05) is 62.2 Å². The number of likely N-dealkylation sites (N-methyl/N-ethyl adjacent to an activating group) is 1.